The van der Waals surface area contributed by atoms with E-state index >= 15 is 0 Å². The van der Waals surface area contributed by atoms with Crippen LogP contribution in [-0.2, 0) is 4.79 Å². The third-order valence-corrected chi connectivity index (χ3v) is 3.47. The predicted molar refractivity (Wildman–Crippen MR) is 107 cm³/mol. The van der Waals surface area contributed by atoms with Crippen molar-refractivity contribution < 1.29 is 30.0 Å². The highest BCUT2D eigenvalue weighted by Gasteiger charge is 2.14. The minimum absolute atomic E-state index is 0.109. The fraction of sp³-hybridized carbons (Fsp3) is 0.471. The van der Waals surface area contributed by atoms with Crippen molar-refractivity contribution in [1.82, 2.24) is 21.3 Å². The molecule has 1 aliphatic rings. The van der Waals surface area contributed by atoms with Crippen molar-refractivity contribution in [1.29, 1.82) is 0 Å². The number of rotatable bonds is 7. The number of nitrogens with zero attached hydrogens (tertiary/aromatic N) is 1. The largest absolute Gasteiger partial charge is 0.508 e. The van der Waals surface area contributed by atoms with Gasteiger partial charge in [-0.1, -0.05) is 13.8 Å². The molecule has 2 amide bonds. The maximum Gasteiger partial charge on any atom is 0.406 e. The van der Waals surface area contributed by atoms with Gasteiger partial charge in [-0.25, -0.2) is 4.79 Å². The Balaban J connectivity index is 0.00000204. The third kappa shape index (κ3) is 9.10. The fourth-order valence-corrected chi connectivity index (χ4v) is 2.20. The van der Waals surface area contributed by atoms with Crippen molar-refractivity contribution in [2.24, 2.45) is 4.99 Å². The van der Waals surface area contributed by atoms with Crippen LogP contribution in [0.4, 0.5) is 10.5 Å². The molecule has 0 spiro atoms. The summed E-state index contributed by atoms with van der Waals surface area (Å²) < 4.78 is 0. The number of phenols is 1. The van der Waals surface area contributed by atoms with E-state index in [-0.39, 0.29) is 25.5 Å². The van der Waals surface area contributed by atoms with Crippen LogP contribution in [0.3, 0.4) is 0 Å². The molecule has 1 aromatic carbocycles. The van der Waals surface area contributed by atoms with E-state index in [1.165, 1.54) is 12.1 Å². The zero-order valence-electron chi connectivity index (χ0n) is 16.3. The highest BCUT2D eigenvalue weighted by Crippen LogP contribution is 2.23. The molecule has 0 radical (unpaired) electrons. The summed E-state index contributed by atoms with van der Waals surface area (Å²) in [7, 11) is 0. The second kappa shape index (κ2) is 12.4. The van der Waals surface area contributed by atoms with Crippen LogP contribution in [0.2, 0.25) is 0 Å². The normalized spacial score (nSPS) is 16.3. The van der Waals surface area contributed by atoms with Crippen molar-refractivity contribution in [3.8, 4) is 5.75 Å². The molecule has 9 N–H and O–H groups in total. The number of aliphatic hydroxyl groups is 2. The highest BCUT2D eigenvalue weighted by molar-refractivity contribution is 5.94. The lowest BCUT2D eigenvalue weighted by molar-refractivity contribution is -0.120. The fourth-order valence-electron chi connectivity index (χ4n) is 2.20. The summed E-state index contributed by atoms with van der Waals surface area (Å²) in [5.74, 6) is -0.215. The van der Waals surface area contributed by atoms with E-state index in [0.29, 0.717) is 23.8 Å². The van der Waals surface area contributed by atoms with E-state index in [2.05, 4.69) is 26.3 Å². The molecule has 0 bridgehead atoms. The van der Waals surface area contributed by atoms with E-state index in [4.69, 9.17) is 5.11 Å². The van der Waals surface area contributed by atoms with Gasteiger partial charge in [0, 0.05) is 23.9 Å². The maximum absolute atomic E-state index is 11.6. The lowest BCUT2D eigenvalue weighted by Gasteiger charge is -2.21. The summed E-state index contributed by atoms with van der Waals surface area (Å²) >= 11 is 0. The van der Waals surface area contributed by atoms with Gasteiger partial charge in [-0.15, -0.1) is 0 Å². The van der Waals surface area contributed by atoms with Crippen LogP contribution >= 0.6 is 0 Å². The van der Waals surface area contributed by atoms with Crippen molar-refractivity contribution in [3.63, 3.8) is 0 Å². The monoisotopic (exact) mass is 412 g/mol. The SMILES string of the molecule is CC.O=C(O)NCNC(=O)CNC(O)c1cc(O)cc(NC2=NCC(O)CN2)c1. The first-order valence-electron chi connectivity index (χ1n) is 9.06. The van der Waals surface area contributed by atoms with Gasteiger partial charge in [-0.2, -0.15) is 0 Å². The number of aromatic hydroxyl groups is 1. The van der Waals surface area contributed by atoms with Crippen molar-refractivity contribution in [2.45, 2.75) is 26.2 Å². The third-order valence-electron chi connectivity index (χ3n) is 3.47. The molecule has 29 heavy (non-hydrogen) atoms. The van der Waals surface area contributed by atoms with Crippen LogP contribution < -0.4 is 26.6 Å². The van der Waals surface area contributed by atoms with Crippen molar-refractivity contribution in [2.75, 3.05) is 31.6 Å². The number of anilines is 1. The van der Waals surface area contributed by atoms with Crippen LogP contribution in [0.1, 0.15) is 25.6 Å². The Bertz CT molecular complexity index is 714. The second-order valence-electron chi connectivity index (χ2n) is 5.70. The summed E-state index contributed by atoms with van der Waals surface area (Å²) in [5, 5.41) is 50.4. The zero-order valence-corrected chi connectivity index (χ0v) is 16.3. The van der Waals surface area contributed by atoms with Gasteiger partial charge in [0.25, 0.3) is 0 Å². The van der Waals surface area contributed by atoms with E-state index in [0.717, 1.165) is 0 Å². The number of aliphatic hydroxyl groups excluding tert-OH is 2. The number of aliphatic imine (C=N–C) groups is 1. The number of hydrogen-bond acceptors (Lipinski definition) is 9. The van der Waals surface area contributed by atoms with Gasteiger partial charge >= 0.3 is 6.09 Å². The number of carbonyl (C=O) groups excluding carboxylic acids is 1. The molecule has 1 aliphatic heterocycles. The van der Waals surface area contributed by atoms with Crippen LogP contribution in [0.5, 0.6) is 5.75 Å². The average Bonchev–Trinajstić information content (AvgIpc) is 2.68. The van der Waals surface area contributed by atoms with Gasteiger partial charge in [0.15, 0.2) is 5.96 Å². The second-order valence-corrected chi connectivity index (χ2v) is 5.70. The lowest BCUT2D eigenvalue weighted by atomic mass is 10.1. The molecular weight excluding hydrogens is 384 g/mol. The molecule has 12 heteroatoms. The smallest absolute Gasteiger partial charge is 0.406 e. The molecule has 0 saturated heterocycles. The predicted octanol–water partition coefficient (Wildman–Crippen LogP) is -0.928. The molecule has 0 fully saturated rings. The number of β-amino-alcohol motifs (C(OH)–C–C–N with tert-alkyl or cyclic N) is 1. The molecule has 162 valence electrons. The Morgan fingerprint density at radius 3 is 2.62 bits per heavy atom. The molecule has 0 aliphatic carbocycles. The Kier molecular flexibility index (Phi) is 10.2. The Morgan fingerprint density at radius 2 is 2.00 bits per heavy atom. The number of phenolic OH excluding ortho intramolecular Hbond substituents is 1. The number of carboxylic acid groups (broad SMARTS) is 1. The Hall–Kier alpha value is -3.09. The first-order chi connectivity index (χ1) is 13.8. The molecule has 1 aromatic rings. The summed E-state index contributed by atoms with van der Waals surface area (Å²) in [6, 6.07) is 4.30. The molecule has 2 atom stereocenters. The number of benzene rings is 1. The maximum atomic E-state index is 11.6. The summed E-state index contributed by atoms with van der Waals surface area (Å²) in [4.78, 5) is 25.9. The highest BCUT2D eigenvalue weighted by atomic mass is 16.4. The van der Waals surface area contributed by atoms with Gasteiger partial charge in [0.1, 0.15) is 12.0 Å². The summed E-state index contributed by atoms with van der Waals surface area (Å²) in [6.45, 7) is 4.06. The molecule has 2 rings (SSSR count). The van der Waals surface area contributed by atoms with E-state index < -0.39 is 24.3 Å². The molecule has 0 aromatic heterocycles. The van der Waals surface area contributed by atoms with Gasteiger partial charge in [-0.05, 0) is 12.1 Å². The number of carbonyl (C=O) groups is 2. The van der Waals surface area contributed by atoms with E-state index in [1.54, 1.807) is 6.07 Å². The summed E-state index contributed by atoms with van der Waals surface area (Å²) in [6.07, 6.45) is -3.08. The average molecular weight is 412 g/mol. The lowest BCUT2D eigenvalue weighted by Crippen LogP contribution is -2.42. The molecule has 12 nitrogen and oxygen atoms in total. The molecule has 2 unspecified atom stereocenters. The minimum atomic E-state index is -1.27. The number of nitrogens with one attached hydrogen (secondary N) is 5. The van der Waals surface area contributed by atoms with Crippen molar-refractivity contribution >= 4 is 23.6 Å². The molecule has 1 heterocycles. The van der Waals surface area contributed by atoms with Crippen LogP contribution in [-0.4, -0.2) is 70.8 Å². The minimum Gasteiger partial charge on any atom is -0.508 e. The zero-order chi connectivity index (χ0) is 21.8. The number of amides is 2. The van der Waals surface area contributed by atoms with Gasteiger partial charge in [0.2, 0.25) is 5.91 Å². The van der Waals surface area contributed by atoms with Gasteiger partial charge in [-0.3, -0.25) is 15.1 Å². The Labute approximate surface area is 168 Å². The van der Waals surface area contributed by atoms with Crippen LogP contribution in [0.15, 0.2) is 23.2 Å². The van der Waals surface area contributed by atoms with E-state index in [9.17, 15) is 24.9 Å². The topological polar surface area (TPSA) is 188 Å². The molecular formula is C17H28N6O6. The van der Waals surface area contributed by atoms with Gasteiger partial charge < -0.3 is 41.7 Å². The van der Waals surface area contributed by atoms with Gasteiger partial charge in [0.05, 0.1) is 25.9 Å². The summed E-state index contributed by atoms with van der Waals surface area (Å²) in [5.41, 5.74) is 0.744. The molecule has 0 saturated carbocycles. The first kappa shape index (κ1) is 23.9. The Morgan fingerprint density at radius 1 is 1.28 bits per heavy atom. The number of guanidine groups is 1. The quantitative estimate of drug-likeness (QED) is 0.255. The number of hydrogen-bond donors (Lipinski definition) is 9. The van der Waals surface area contributed by atoms with Crippen LogP contribution in [0.25, 0.3) is 0 Å². The van der Waals surface area contributed by atoms with Crippen LogP contribution in [0, 0.1) is 0 Å². The van der Waals surface area contributed by atoms with Crippen molar-refractivity contribution in [3.05, 3.63) is 23.8 Å². The first-order valence-corrected chi connectivity index (χ1v) is 9.06. The standard InChI is InChI=1S/C15H22N6O6.C2H6/c22-10-2-8(13(25)16-6-12(24)19-7-20-15(26)27)1-9(3-10)21-14-17-4-11(23)5-18-14;1-2/h1-3,11,13,16,20,22-23,25H,4-7H2,(H,19,24)(H,26,27)(H2,17,18,21);1-2H3. The van der Waals surface area contributed by atoms with E-state index in [1.807, 2.05) is 19.2 Å².